The maximum absolute atomic E-state index is 12.4. The number of halogens is 2. The molecule has 1 amide bonds. The molecule has 0 atom stereocenters. The van der Waals surface area contributed by atoms with Crippen molar-refractivity contribution in [2.45, 2.75) is 6.61 Å². The van der Waals surface area contributed by atoms with E-state index in [-0.39, 0.29) is 23.1 Å². The second kappa shape index (κ2) is 10.5. The lowest BCUT2D eigenvalue weighted by atomic mass is 10.2. The van der Waals surface area contributed by atoms with Crippen molar-refractivity contribution in [1.82, 2.24) is 5.43 Å². The Morgan fingerprint density at radius 2 is 1.94 bits per heavy atom. The average Bonchev–Trinajstić information content (AvgIpc) is 3.27. The minimum absolute atomic E-state index is 0.0448. The van der Waals surface area contributed by atoms with E-state index in [0.717, 1.165) is 5.56 Å². The lowest BCUT2D eigenvalue weighted by Crippen LogP contribution is -2.16. The number of hydrogen-bond donors (Lipinski definition) is 1. The van der Waals surface area contributed by atoms with Crippen molar-refractivity contribution in [1.29, 1.82) is 0 Å². The quantitative estimate of drug-likeness (QED) is 0.175. The van der Waals surface area contributed by atoms with Gasteiger partial charge in [-0.3, -0.25) is 14.9 Å². The molecule has 0 bridgehead atoms. The molecule has 1 aromatic heterocycles. The van der Waals surface area contributed by atoms with Gasteiger partial charge in [-0.15, -0.1) is 0 Å². The molecule has 0 saturated carbocycles. The molecule has 0 saturated heterocycles. The van der Waals surface area contributed by atoms with Crippen molar-refractivity contribution in [3.8, 4) is 11.5 Å². The topological polar surface area (TPSA) is 116 Å². The molecule has 11 heteroatoms. The van der Waals surface area contributed by atoms with Gasteiger partial charge in [0.2, 0.25) is 0 Å². The van der Waals surface area contributed by atoms with E-state index in [1.54, 1.807) is 18.2 Å². The van der Waals surface area contributed by atoms with Crippen LogP contribution in [-0.2, 0) is 6.61 Å². The van der Waals surface area contributed by atoms with Crippen LogP contribution < -0.4 is 14.9 Å². The summed E-state index contributed by atoms with van der Waals surface area (Å²) < 4.78 is 16.6. The van der Waals surface area contributed by atoms with Gasteiger partial charge in [-0.1, -0.05) is 41.4 Å². The Morgan fingerprint density at radius 3 is 2.69 bits per heavy atom. The lowest BCUT2D eigenvalue weighted by Gasteiger charge is -2.14. The highest BCUT2D eigenvalue weighted by atomic mass is 35.5. The van der Waals surface area contributed by atoms with Gasteiger partial charge in [0.05, 0.1) is 23.3 Å². The third kappa shape index (κ3) is 5.53. The number of ether oxygens (including phenoxy) is 2. The molecule has 0 aliphatic heterocycles. The zero-order valence-corrected chi connectivity index (χ0v) is 19.7. The van der Waals surface area contributed by atoms with Crippen molar-refractivity contribution in [3.05, 3.63) is 97.7 Å². The van der Waals surface area contributed by atoms with Crippen LogP contribution in [0.1, 0.15) is 21.7 Å². The van der Waals surface area contributed by atoms with Crippen molar-refractivity contribution in [2.24, 2.45) is 5.10 Å². The zero-order chi connectivity index (χ0) is 24.9. The van der Waals surface area contributed by atoms with E-state index in [9.17, 15) is 14.9 Å². The Bertz CT molecular complexity index is 1450. The number of carbonyl (C=O) groups excluding carboxylic acids is 1. The molecule has 0 radical (unpaired) electrons. The largest absolute Gasteiger partial charge is 0.493 e. The lowest BCUT2D eigenvalue weighted by molar-refractivity contribution is -0.384. The Morgan fingerprint density at radius 1 is 1.14 bits per heavy atom. The molecule has 0 unspecified atom stereocenters. The monoisotopic (exact) mass is 513 g/mol. The molecular formula is C24H17Cl2N3O6. The van der Waals surface area contributed by atoms with Crippen molar-refractivity contribution >= 4 is 52.0 Å². The third-order valence-corrected chi connectivity index (χ3v) is 5.55. The zero-order valence-electron chi connectivity index (χ0n) is 18.2. The van der Waals surface area contributed by atoms with E-state index < -0.39 is 10.8 Å². The smallest absolute Gasteiger partial charge is 0.307 e. The van der Waals surface area contributed by atoms with Gasteiger partial charge in [-0.25, -0.2) is 5.43 Å². The molecule has 0 spiro atoms. The number of methoxy groups -OCH3 is 1. The van der Waals surface area contributed by atoms with Gasteiger partial charge in [0.25, 0.3) is 5.69 Å². The number of fused-ring (bicyclic) bond motifs is 1. The molecule has 1 heterocycles. The predicted octanol–water partition coefficient (Wildman–Crippen LogP) is 6.00. The van der Waals surface area contributed by atoms with Crippen LogP contribution in [0, 0.1) is 10.1 Å². The number of benzene rings is 3. The van der Waals surface area contributed by atoms with E-state index >= 15 is 0 Å². The molecule has 0 fully saturated rings. The number of hydrazone groups is 1. The molecule has 4 rings (SSSR count). The number of nitro benzene ring substituents is 1. The van der Waals surface area contributed by atoms with Crippen molar-refractivity contribution < 1.29 is 23.6 Å². The molecule has 4 aromatic rings. The summed E-state index contributed by atoms with van der Waals surface area (Å²) in [7, 11) is 1.47. The number of non-ortho nitro benzene ring substituents is 1. The highest BCUT2D eigenvalue weighted by Gasteiger charge is 2.15. The van der Waals surface area contributed by atoms with Crippen LogP contribution in [0.3, 0.4) is 0 Å². The number of hydrogen-bond acceptors (Lipinski definition) is 7. The second-order valence-corrected chi connectivity index (χ2v) is 8.02. The predicted molar refractivity (Wildman–Crippen MR) is 132 cm³/mol. The molecular weight excluding hydrogens is 497 g/mol. The Hall–Kier alpha value is -4.08. The fourth-order valence-electron chi connectivity index (χ4n) is 3.20. The fourth-order valence-corrected chi connectivity index (χ4v) is 3.66. The van der Waals surface area contributed by atoms with Crippen LogP contribution in [0.2, 0.25) is 10.0 Å². The van der Waals surface area contributed by atoms with Crippen LogP contribution in [0.15, 0.2) is 70.2 Å². The Kier molecular flexibility index (Phi) is 7.19. The average molecular weight is 514 g/mol. The van der Waals surface area contributed by atoms with E-state index in [0.29, 0.717) is 33.1 Å². The minimum Gasteiger partial charge on any atom is -0.493 e. The first-order valence-corrected chi connectivity index (χ1v) is 10.9. The molecule has 35 heavy (non-hydrogen) atoms. The standard InChI is InChI=1S/C24H17Cl2N3O6/c1-33-21-9-14(8-19(26)23(21)34-13-15-4-2-3-5-18(15)25)12-27-28-24(30)22-11-16-10-17(29(31)32)6-7-20(16)35-22/h2-12H,13H2,1H3,(H,28,30)/b27-12+. The second-order valence-electron chi connectivity index (χ2n) is 7.20. The molecule has 0 aliphatic carbocycles. The Balaban J connectivity index is 1.45. The van der Waals surface area contributed by atoms with E-state index in [2.05, 4.69) is 10.5 Å². The van der Waals surface area contributed by atoms with Crippen LogP contribution in [0.5, 0.6) is 11.5 Å². The number of amides is 1. The molecule has 3 aromatic carbocycles. The first kappa shape index (κ1) is 24.1. The number of nitro groups is 1. The summed E-state index contributed by atoms with van der Waals surface area (Å²) in [6.45, 7) is 0.194. The maximum Gasteiger partial charge on any atom is 0.307 e. The summed E-state index contributed by atoms with van der Waals surface area (Å²) in [6.07, 6.45) is 1.37. The summed E-state index contributed by atoms with van der Waals surface area (Å²) in [5.74, 6) is 0.0392. The summed E-state index contributed by atoms with van der Waals surface area (Å²) in [6, 6.07) is 16.0. The Labute approximate surface area is 209 Å². The SMILES string of the molecule is COc1cc(/C=N/NC(=O)c2cc3cc([N+](=O)[O-])ccc3o2)cc(Cl)c1OCc1ccccc1Cl. The molecule has 0 aliphatic rings. The molecule has 9 nitrogen and oxygen atoms in total. The summed E-state index contributed by atoms with van der Waals surface area (Å²) in [5, 5.41) is 16.1. The minimum atomic E-state index is -0.627. The van der Waals surface area contributed by atoms with Gasteiger partial charge in [0, 0.05) is 28.1 Å². The number of nitrogens with zero attached hydrogens (tertiary/aromatic N) is 2. The van der Waals surface area contributed by atoms with Crippen LogP contribution in [-0.4, -0.2) is 24.2 Å². The number of rotatable bonds is 8. The highest BCUT2D eigenvalue weighted by molar-refractivity contribution is 6.32. The van der Waals surface area contributed by atoms with Gasteiger partial charge in [0.1, 0.15) is 12.2 Å². The van der Waals surface area contributed by atoms with E-state index in [1.165, 1.54) is 37.6 Å². The number of furan rings is 1. The van der Waals surface area contributed by atoms with Gasteiger partial charge in [-0.2, -0.15) is 5.10 Å². The van der Waals surface area contributed by atoms with E-state index in [1.807, 2.05) is 18.2 Å². The summed E-state index contributed by atoms with van der Waals surface area (Å²) in [4.78, 5) is 22.8. The third-order valence-electron chi connectivity index (χ3n) is 4.90. The van der Waals surface area contributed by atoms with Crippen LogP contribution in [0.25, 0.3) is 11.0 Å². The van der Waals surface area contributed by atoms with Crippen LogP contribution >= 0.6 is 23.2 Å². The number of carbonyl (C=O) groups is 1. The van der Waals surface area contributed by atoms with Crippen molar-refractivity contribution in [3.63, 3.8) is 0 Å². The number of nitrogens with one attached hydrogen (secondary N) is 1. The van der Waals surface area contributed by atoms with Gasteiger partial charge in [-0.05, 0) is 35.9 Å². The normalized spacial score (nSPS) is 11.1. The van der Waals surface area contributed by atoms with E-state index in [4.69, 9.17) is 37.1 Å². The summed E-state index contributed by atoms with van der Waals surface area (Å²) in [5.41, 5.74) is 3.91. The highest BCUT2D eigenvalue weighted by Crippen LogP contribution is 2.37. The van der Waals surface area contributed by atoms with Crippen molar-refractivity contribution in [2.75, 3.05) is 7.11 Å². The molecule has 178 valence electrons. The fraction of sp³-hybridized carbons (Fsp3) is 0.0833. The van der Waals surface area contributed by atoms with Gasteiger partial charge < -0.3 is 13.9 Å². The first-order chi connectivity index (χ1) is 16.9. The van der Waals surface area contributed by atoms with Gasteiger partial charge in [0.15, 0.2) is 17.3 Å². The van der Waals surface area contributed by atoms with Gasteiger partial charge >= 0.3 is 5.91 Å². The van der Waals surface area contributed by atoms with Crippen LogP contribution in [0.4, 0.5) is 5.69 Å². The maximum atomic E-state index is 12.4. The molecule has 1 N–H and O–H groups in total. The summed E-state index contributed by atoms with van der Waals surface area (Å²) >= 11 is 12.6. The first-order valence-electron chi connectivity index (χ1n) is 10.1.